The molecule has 4 heteroatoms. The SMILES string of the molecule is Cc1cc2c3c(c1)N(c1ccc(-c4ccccc4C)cc1C)c1ccc(C(C)(C)C)cc1B3c1oc3cc4c(cc3c1N2C1=CC2=C(CC1)C(C)(C)CCC2(C)C)C(C)(C)CCC4(C)C. The summed E-state index contributed by atoms with van der Waals surface area (Å²) in [7, 11) is 0. The molecule has 65 heavy (non-hydrogen) atoms. The molecular formula is C61H69BN2O. The molecule has 5 aliphatic rings. The number of hydrogen-bond acceptors (Lipinski definition) is 3. The molecule has 0 saturated carbocycles. The average Bonchev–Trinajstić information content (AvgIpc) is 3.61. The van der Waals surface area contributed by atoms with Gasteiger partial charge < -0.3 is 14.2 Å². The Balaban J connectivity index is 1.23. The van der Waals surface area contributed by atoms with Crippen LogP contribution in [0.2, 0.25) is 0 Å². The van der Waals surface area contributed by atoms with Crippen molar-refractivity contribution in [2.45, 2.75) is 152 Å². The number of nitrogens with zero attached hydrogens (tertiary/aromatic N) is 2. The highest BCUT2D eigenvalue weighted by Gasteiger charge is 2.49. The summed E-state index contributed by atoms with van der Waals surface area (Å²) in [4.78, 5) is 5.31. The average molecular weight is 857 g/mol. The Hall–Kier alpha value is -5.22. The third-order valence-electron chi connectivity index (χ3n) is 17.0. The quantitative estimate of drug-likeness (QED) is 0.165. The second kappa shape index (κ2) is 13.9. The van der Waals surface area contributed by atoms with Crippen LogP contribution >= 0.6 is 0 Å². The van der Waals surface area contributed by atoms with E-state index in [2.05, 4.69) is 198 Å². The molecule has 11 rings (SSSR count). The monoisotopic (exact) mass is 857 g/mol. The van der Waals surface area contributed by atoms with E-state index in [0.29, 0.717) is 0 Å². The van der Waals surface area contributed by atoms with E-state index in [1.54, 1.807) is 11.1 Å². The molecule has 6 aromatic rings. The van der Waals surface area contributed by atoms with Crippen molar-refractivity contribution in [1.82, 2.24) is 0 Å². The molecule has 0 amide bonds. The van der Waals surface area contributed by atoms with Crippen LogP contribution in [0.4, 0.5) is 28.4 Å². The summed E-state index contributed by atoms with van der Waals surface area (Å²) in [5, 5.41) is 1.25. The lowest BCUT2D eigenvalue weighted by molar-refractivity contribution is 0.257. The minimum atomic E-state index is -0.0820. The van der Waals surface area contributed by atoms with Crippen LogP contribution in [0.1, 0.15) is 148 Å². The van der Waals surface area contributed by atoms with E-state index in [0.717, 1.165) is 24.1 Å². The van der Waals surface area contributed by atoms with Crippen molar-refractivity contribution in [1.29, 1.82) is 0 Å². The van der Waals surface area contributed by atoms with Crippen molar-refractivity contribution in [2.24, 2.45) is 10.8 Å². The van der Waals surface area contributed by atoms with Crippen LogP contribution in [-0.2, 0) is 16.2 Å². The molecule has 0 spiro atoms. The van der Waals surface area contributed by atoms with Crippen LogP contribution in [0, 0.1) is 31.6 Å². The van der Waals surface area contributed by atoms with E-state index in [9.17, 15) is 0 Å². The largest absolute Gasteiger partial charge is 0.468 e. The fourth-order valence-corrected chi connectivity index (χ4v) is 12.8. The molecule has 332 valence electrons. The van der Waals surface area contributed by atoms with Crippen molar-refractivity contribution in [3.63, 3.8) is 0 Å². The summed E-state index contributed by atoms with van der Waals surface area (Å²) < 4.78 is 7.62. The van der Waals surface area contributed by atoms with Crippen molar-refractivity contribution < 1.29 is 4.42 Å². The number of aryl methyl sites for hydroxylation is 3. The molecule has 0 unspecified atom stereocenters. The molecule has 2 aliphatic heterocycles. The predicted molar refractivity (Wildman–Crippen MR) is 279 cm³/mol. The van der Waals surface area contributed by atoms with Gasteiger partial charge in [0.15, 0.2) is 0 Å². The topological polar surface area (TPSA) is 19.6 Å². The summed E-state index contributed by atoms with van der Waals surface area (Å²) in [6.45, 7) is 33.5. The van der Waals surface area contributed by atoms with Gasteiger partial charge in [-0.3, -0.25) is 0 Å². The van der Waals surface area contributed by atoms with Crippen LogP contribution in [0.15, 0.2) is 112 Å². The van der Waals surface area contributed by atoms with Gasteiger partial charge in [0.2, 0.25) is 0 Å². The summed E-state index contributed by atoms with van der Waals surface area (Å²) in [5.41, 5.74) is 26.7. The normalized spacial score (nSPS) is 19.9. The van der Waals surface area contributed by atoms with E-state index < -0.39 is 0 Å². The highest BCUT2D eigenvalue weighted by molar-refractivity contribution is 7.00. The van der Waals surface area contributed by atoms with Gasteiger partial charge in [0.25, 0.3) is 6.71 Å². The van der Waals surface area contributed by atoms with Gasteiger partial charge in [0.05, 0.1) is 11.3 Å². The van der Waals surface area contributed by atoms with Gasteiger partial charge in [-0.2, -0.15) is 0 Å². The first-order valence-corrected chi connectivity index (χ1v) is 24.7. The molecule has 0 radical (unpaired) electrons. The highest BCUT2D eigenvalue weighted by Crippen LogP contribution is 2.56. The molecule has 3 heterocycles. The van der Waals surface area contributed by atoms with Crippen molar-refractivity contribution in [2.75, 3.05) is 9.80 Å². The second-order valence-corrected chi connectivity index (χ2v) is 24.4. The summed E-state index contributed by atoms with van der Waals surface area (Å²) in [6, 6.07) is 33.2. The van der Waals surface area contributed by atoms with E-state index in [1.807, 2.05) is 0 Å². The summed E-state index contributed by atoms with van der Waals surface area (Å²) >= 11 is 0. The van der Waals surface area contributed by atoms with E-state index in [1.165, 1.54) is 121 Å². The number of hydrogen-bond donors (Lipinski definition) is 0. The maximum Gasteiger partial charge on any atom is 0.297 e. The molecule has 0 atom stereocenters. The molecule has 0 bridgehead atoms. The van der Waals surface area contributed by atoms with Crippen molar-refractivity contribution in [3.05, 3.63) is 141 Å². The molecule has 3 nitrogen and oxygen atoms in total. The standard InChI is InChI=1S/C61H69BN2O/c1-36-29-51-54-52(30-36)64(49-23-19-39(31-38(49)3)42-18-16-15-17-37(42)2)50-24-20-40(57(4,5)6)32-48(50)62(54)56-55(43-34-46-47(35-53(43)65-56)61(13,14)28-27-60(46,11)12)63(51)41-21-22-44-45(33-41)59(9,10)26-25-58(44,7)8/h15-20,23-24,29-35H,21-22,25-28H2,1-14H3. The van der Waals surface area contributed by atoms with Gasteiger partial charge in [-0.1, -0.05) is 124 Å². The lowest BCUT2D eigenvalue weighted by atomic mass is 9.35. The first kappa shape index (κ1) is 42.4. The van der Waals surface area contributed by atoms with Crippen LogP contribution in [0.25, 0.3) is 22.1 Å². The first-order chi connectivity index (χ1) is 30.6. The minimum absolute atomic E-state index is 0.0338. The van der Waals surface area contributed by atoms with Gasteiger partial charge in [-0.05, 0) is 196 Å². The zero-order valence-corrected chi connectivity index (χ0v) is 41.8. The molecule has 1 aromatic heterocycles. The zero-order chi connectivity index (χ0) is 45.9. The minimum Gasteiger partial charge on any atom is -0.468 e. The van der Waals surface area contributed by atoms with Crippen molar-refractivity contribution in [3.8, 4) is 11.1 Å². The predicted octanol–water partition coefficient (Wildman–Crippen LogP) is 15.2. The molecule has 5 aromatic carbocycles. The Bertz CT molecular complexity index is 3080. The van der Waals surface area contributed by atoms with Gasteiger partial charge >= 0.3 is 0 Å². The van der Waals surface area contributed by atoms with Crippen LogP contribution in [0.3, 0.4) is 0 Å². The van der Waals surface area contributed by atoms with Gasteiger partial charge in [0, 0.05) is 33.8 Å². The van der Waals surface area contributed by atoms with Gasteiger partial charge in [0.1, 0.15) is 5.58 Å². The molecule has 0 fully saturated rings. The van der Waals surface area contributed by atoms with Crippen molar-refractivity contribution >= 4 is 62.7 Å². The van der Waals surface area contributed by atoms with Crippen LogP contribution in [-0.4, -0.2) is 6.71 Å². The maximum absolute atomic E-state index is 7.62. The fourth-order valence-electron chi connectivity index (χ4n) is 12.8. The summed E-state index contributed by atoms with van der Waals surface area (Å²) in [5.74, 6) is 0. The lowest BCUT2D eigenvalue weighted by Gasteiger charge is -2.47. The smallest absolute Gasteiger partial charge is 0.297 e. The number of fused-ring (bicyclic) bond motifs is 7. The zero-order valence-electron chi connectivity index (χ0n) is 41.8. The Morgan fingerprint density at radius 3 is 1.94 bits per heavy atom. The molecule has 0 saturated heterocycles. The third kappa shape index (κ3) is 6.35. The Morgan fingerprint density at radius 2 is 1.25 bits per heavy atom. The number of anilines is 5. The molecule has 3 aliphatic carbocycles. The first-order valence-electron chi connectivity index (χ1n) is 24.7. The molecule has 0 N–H and O–H groups in total. The van der Waals surface area contributed by atoms with Crippen LogP contribution in [0.5, 0.6) is 0 Å². The van der Waals surface area contributed by atoms with Crippen LogP contribution < -0.4 is 26.4 Å². The van der Waals surface area contributed by atoms with E-state index in [-0.39, 0.29) is 33.8 Å². The summed E-state index contributed by atoms with van der Waals surface area (Å²) in [6.07, 6.45) is 9.51. The maximum atomic E-state index is 7.62. The number of rotatable bonds is 3. The second-order valence-electron chi connectivity index (χ2n) is 24.4. The molecular weight excluding hydrogens is 787 g/mol. The van der Waals surface area contributed by atoms with Gasteiger partial charge in [-0.25, -0.2) is 0 Å². The van der Waals surface area contributed by atoms with E-state index in [4.69, 9.17) is 4.42 Å². The Kier molecular flexibility index (Phi) is 9.08. The third-order valence-corrected chi connectivity index (χ3v) is 17.0. The Morgan fingerprint density at radius 1 is 0.600 bits per heavy atom. The van der Waals surface area contributed by atoms with Gasteiger partial charge in [-0.15, -0.1) is 0 Å². The number of furan rings is 1. The highest BCUT2D eigenvalue weighted by atomic mass is 16.3. The number of benzene rings is 5. The fraction of sp³-hybridized carbons (Fsp3) is 0.410. The lowest BCUT2D eigenvalue weighted by Crippen LogP contribution is -2.61. The Labute approximate surface area is 390 Å². The van der Waals surface area contributed by atoms with E-state index >= 15 is 0 Å². The number of allylic oxidation sites excluding steroid dienone is 4.